The molecule has 2 aliphatic rings. The number of anilines is 1. The van der Waals surface area contributed by atoms with Gasteiger partial charge in [-0.2, -0.15) is 13.2 Å². The summed E-state index contributed by atoms with van der Waals surface area (Å²) in [6.07, 6.45) is 1.87. The molecule has 10 heteroatoms. The van der Waals surface area contributed by atoms with Crippen LogP contribution in [0.25, 0.3) is 11.0 Å². The molecule has 5 rings (SSSR count). The summed E-state index contributed by atoms with van der Waals surface area (Å²) in [7, 11) is 0. The Kier molecular flexibility index (Phi) is 7.74. The number of nitrogens with one attached hydrogen (secondary N) is 1. The number of likely N-dealkylation sites (tertiary alicyclic amines) is 2. The van der Waals surface area contributed by atoms with E-state index in [1.165, 1.54) is 37.5 Å². The van der Waals surface area contributed by atoms with Crippen LogP contribution in [0, 0.1) is 0 Å². The van der Waals surface area contributed by atoms with E-state index in [4.69, 9.17) is 4.98 Å². The summed E-state index contributed by atoms with van der Waals surface area (Å²) in [5.41, 5.74) is 1.60. The number of carbonyl (C=O) groups excluding carboxylic acids is 2. The van der Waals surface area contributed by atoms with Crippen molar-refractivity contribution in [1.29, 1.82) is 0 Å². The van der Waals surface area contributed by atoms with Gasteiger partial charge in [-0.3, -0.25) is 19.8 Å². The number of nitrogens with zero attached hydrogens (tertiary/aromatic N) is 4. The average Bonchev–Trinajstić information content (AvgIpc) is 3.29. The molecule has 1 atom stereocenters. The van der Waals surface area contributed by atoms with Crippen molar-refractivity contribution in [2.45, 2.75) is 50.9 Å². The molecule has 0 radical (unpaired) electrons. The Hall–Kier alpha value is -3.66. The van der Waals surface area contributed by atoms with Crippen LogP contribution in [0.1, 0.15) is 59.6 Å². The number of fused-ring (bicyclic) bond motifs is 1. The largest absolute Gasteiger partial charge is 0.416 e. The van der Waals surface area contributed by atoms with E-state index in [9.17, 15) is 22.8 Å². The van der Waals surface area contributed by atoms with Gasteiger partial charge in [-0.1, -0.05) is 25.1 Å². The summed E-state index contributed by atoms with van der Waals surface area (Å²) in [6, 6.07) is 10.2. The Bertz CT molecular complexity index is 1380. The van der Waals surface area contributed by atoms with E-state index in [0.717, 1.165) is 55.7 Å². The Morgan fingerprint density at radius 3 is 2.59 bits per heavy atom. The number of piperidine rings is 2. The minimum absolute atomic E-state index is 0.110. The van der Waals surface area contributed by atoms with Crippen LogP contribution >= 0.6 is 0 Å². The Labute approximate surface area is 225 Å². The summed E-state index contributed by atoms with van der Waals surface area (Å²) >= 11 is 0. The predicted molar refractivity (Wildman–Crippen MR) is 143 cm³/mol. The van der Waals surface area contributed by atoms with Crippen molar-refractivity contribution in [2.24, 2.45) is 0 Å². The van der Waals surface area contributed by atoms with Gasteiger partial charge in [0.15, 0.2) is 0 Å². The van der Waals surface area contributed by atoms with Gasteiger partial charge >= 0.3 is 6.18 Å². The van der Waals surface area contributed by atoms with Crippen molar-refractivity contribution in [1.82, 2.24) is 19.4 Å². The van der Waals surface area contributed by atoms with Gasteiger partial charge in [-0.15, -0.1) is 0 Å². The number of aromatic nitrogens is 2. The molecule has 3 heterocycles. The van der Waals surface area contributed by atoms with Crippen LogP contribution in [0.4, 0.5) is 19.1 Å². The zero-order valence-corrected chi connectivity index (χ0v) is 21.7. The van der Waals surface area contributed by atoms with E-state index in [1.807, 2.05) is 16.7 Å². The lowest BCUT2D eigenvalue weighted by atomic mass is 10.0. The van der Waals surface area contributed by atoms with Gasteiger partial charge in [0.1, 0.15) is 0 Å². The number of benzene rings is 2. The summed E-state index contributed by atoms with van der Waals surface area (Å²) in [5, 5.41) is 2.76. The molecule has 39 heavy (non-hydrogen) atoms. The van der Waals surface area contributed by atoms with Crippen LogP contribution in [0.2, 0.25) is 0 Å². The third kappa shape index (κ3) is 6.00. The topological polar surface area (TPSA) is 70.5 Å². The zero-order chi connectivity index (χ0) is 27.6. The first-order valence-electron chi connectivity index (χ1n) is 13.4. The van der Waals surface area contributed by atoms with E-state index < -0.39 is 17.6 Å². The van der Waals surface area contributed by atoms with Crippen molar-refractivity contribution in [3.05, 3.63) is 71.8 Å². The highest BCUT2D eigenvalue weighted by Crippen LogP contribution is 2.33. The second-order valence-electron chi connectivity index (χ2n) is 10.3. The molecule has 2 amide bonds. The minimum atomic E-state index is -4.56. The number of hydrogen-bond acceptors (Lipinski definition) is 4. The second kappa shape index (κ2) is 11.2. The molecule has 0 spiro atoms. The average molecular weight is 540 g/mol. The molecule has 2 fully saturated rings. The SMILES string of the molecule is C=CC(=O)N1CCCC(n2c(NC(=O)c3cccc(C(F)(F)F)c3)nc3cc(CN4CCCCC4)ccc32)C1. The molecule has 0 bridgehead atoms. The van der Waals surface area contributed by atoms with Gasteiger partial charge in [0, 0.05) is 25.2 Å². The molecule has 1 unspecified atom stereocenters. The molecule has 1 N–H and O–H groups in total. The summed E-state index contributed by atoms with van der Waals surface area (Å²) < 4.78 is 41.7. The van der Waals surface area contributed by atoms with Crippen LogP contribution in [-0.4, -0.2) is 57.3 Å². The molecule has 206 valence electrons. The molecule has 2 aromatic carbocycles. The number of rotatable bonds is 6. The monoisotopic (exact) mass is 539 g/mol. The normalized spacial score (nSPS) is 18.7. The second-order valence-corrected chi connectivity index (χ2v) is 10.3. The Morgan fingerprint density at radius 1 is 1.05 bits per heavy atom. The Morgan fingerprint density at radius 2 is 1.85 bits per heavy atom. The lowest BCUT2D eigenvalue weighted by Crippen LogP contribution is -2.40. The molecule has 2 saturated heterocycles. The van der Waals surface area contributed by atoms with Crippen LogP contribution in [0.15, 0.2) is 55.1 Å². The third-order valence-electron chi connectivity index (χ3n) is 7.53. The van der Waals surface area contributed by atoms with E-state index >= 15 is 0 Å². The lowest BCUT2D eigenvalue weighted by molar-refractivity contribution is -0.137. The van der Waals surface area contributed by atoms with Gasteiger partial charge in [-0.25, -0.2) is 4.98 Å². The quantitative estimate of drug-likeness (QED) is 0.412. The number of imidazole rings is 1. The van der Waals surface area contributed by atoms with E-state index in [-0.39, 0.29) is 23.5 Å². The maximum absolute atomic E-state index is 13.3. The first kappa shape index (κ1) is 26.9. The lowest BCUT2D eigenvalue weighted by Gasteiger charge is -2.33. The first-order valence-corrected chi connectivity index (χ1v) is 13.4. The fraction of sp³-hybridized carbons (Fsp3) is 0.414. The molecule has 3 aromatic rings. The number of hydrogen-bond donors (Lipinski definition) is 1. The highest BCUT2D eigenvalue weighted by molar-refractivity contribution is 6.04. The first-order chi connectivity index (χ1) is 18.7. The predicted octanol–water partition coefficient (Wildman–Crippen LogP) is 5.64. The van der Waals surface area contributed by atoms with Crippen molar-refractivity contribution in [2.75, 3.05) is 31.5 Å². The number of alkyl halides is 3. The molecular formula is C29H32F3N5O2. The van der Waals surface area contributed by atoms with Crippen molar-refractivity contribution in [3.8, 4) is 0 Å². The van der Waals surface area contributed by atoms with Crippen molar-refractivity contribution < 1.29 is 22.8 Å². The Balaban J connectivity index is 1.49. The number of halogens is 3. The van der Waals surface area contributed by atoms with Crippen molar-refractivity contribution >= 4 is 28.8 Å². The highest BCUT2D eigenvalue weighted by atomic mass is 19.4. The van der Waals surface area contributed by atoms with Crippen LogP contribution in [0.5, 0.6) is 0 Å². The van der Waals surface area contributed by atoms with Crippen molar-refractivity contribution in [3.63, 3.8) is 0 Å². The molecule has 0 saturated carbocycles. The van der Waals surface area contributed by atoms with Crippen LogP contribution in [0.3, 0.4) is 0 Å². The van der Waals surface area contributed by atoms with Crippen LogP contribution in [-0.2, 0) is 17.5 Å². The standard InChI is InChI=1S/C29H32F3N5O2/c1-2-26(38)36-15-7-10-23(19-36)37-25-12-11-20(18-35-13-4-3-5-14-35)16-24(25)33-28(37)34-27(39)21-8-6-9-22(17-21)29(30,31)32/h2,6,8-9,11-12,16-17,23H,1,3-5,7,10,13-15,18-19H2,(H,33,34,39). The fourth-order valence-electron chi connectivity index (χ4n) is 5.58. The van der Waals surface area contributed by atoms with Crippen LogP contribution < -0.4 is 5.32 Å². The smallest absolute Gasteiger partial charge is 0.337 e. The zero-order valence-electron chi connectivity index (χ0n) is 21.7. The minimum Gasteiger partial charge on any atom is -0.337 e. The highest BCUT2D eigenvalue weighted by Gasteiger charge is 2.32. The molecule has 2 aliphatic heterocycles. The maximum atomic E-state index is 13.3. The maximum Gasteiger partial charge on any atom is 0.416 e. The van der Waals surface area contributed by atoms with Gasteiger partial charge in [0.2, 0.25) is 11.9 Å². The summed E-state index contributed by atoms with van der Waals surface area (Å²) in [4.78, 5) is 34.4. The van der Waals surface area contributed by atoms with Gasteiger partial charge < -0.3 is 9.47 Å². The number of carbonyl (C=O) groups is 2. The summed E-state index contributed by atoms with van der Waals surface area (Å²) in [5.74, 6) is -0.594. The van der Waals surface area contributed by atoms with Gasteiger partial charge in [0.25, 0.3) is 5.91 Å². The van der Waals surface area contributed by atoms with E-state index in [2.05, 4.69) is 22.9 Å². The van der Waals surface area contributed by atoms with E-state index in [0.29, 0.717) is 18.6 Å². The molecule has 0 aliphatic carbocycles. The molecule has 1 aromatic heterocycles. The molecular weight excluding hydrogens is 507 g/mol. The number of amides is 2. The summed E-state index contributed by atoms with van der Waals surface area (Å²) in [6.45, 7) is 7.54. The molecule has 7 nitrogen and oxygen atoms in total. The van der Waals surface area contributed by atoms with Gasteiger partial charge in [-0.05, 0) is 80.7 Å². The van der Waals surface area contributed by atoms with E-state index in [1.54, 1.807) is 4.90 Å². The third-order valence-corrected chi connectivity index (χ3v) is 7.53. The fourth-order valence-corrected chi connectivity index (χ4v) is 5.58. The van der Waals surface area contributed by atoms with Gasteiger partial charge in [0.05, 0.1) is 22.6 Å².